The van der Waals surface area contributed by atoms with Gasteiger partial charge in [0.2, 0.25) is 11.8 Å². The van der Waals surface area contributed by atoms with Crippen LogP contribution in [0.1, 0.15) is 18.5 Å². The normalized spacial score (nSPS) is 11.8. The summed E-state index contributed by atoms with van der Waals surface area (Å²) in [5, 5.41) is 7.59. The quantitative estimate of drug-likeness (QED) is 0.520. The zero-order valence-corrected chi connectivity index (χ0v) is 15.6. The summed E-state index contributed by atoms with van der Waals surface area (Å²) in [5.74, 6) is 1.86. The van der Waals surface area contributed by atoms with Crippen LogP contribution in [-0.2, 0) is 0 Å². The summed E-state index contributed by atoms with van der Waals surface area (Å²) >= 11 is 0. The molecular formula is C21H20N6O. The lowest BCUT2D eigenvalue weighted by atomic mass is 10.1. The predicted octanol–water partition coefficient (Wildman–Crippen LogP) is 4.35. The molecule has 4 aromatic rings. The first kappa shape index (κ1) is 17.7. The molecule has 4 rings (SSSR count). The van der Waals surface area contributed by atoms with Gasteiger partial charge in [-0.2, -0.15) is 0 Å². The number of hydrogen-bond donors (Lipinski definition) is 2. The SMILES string of the molecule is COc1nccc2ccc(Nc3ccc(C(C)Nc4ncccn4)cc3)nc12. The van der Waals surface area contributed by atoms with E-state index in [9.17, 15) is 0 Å². The molecule has 28 heavy (non-hydrogen) atoms. The Labute approximate surface area is 162 Å². The lowest BCUT2D eigenvalue weighted by Crippen LogP contribution is -2.09. The van der Waals surface area contributed by atoms with E-state index in [1.165, 1.54) is 0 Å². The third kappa shape index (κ3) is 3.83. The van der Waals surface area contributed by atoms with E-state index in [0.717, 1.165) is 28.0 Å². The predicted molar refractivity (Wildman–Crippen MR) is 110 cm³/mol. The summed E-state index contributed by atoms with van der Waals surface area (Å²) in [4.78, 5) is 17.2. The van der Waals surface area contributed by atoms with Crippen molar-refractivity contribution in [1.82, 2.24) is 19.9 Å². The first-order valence-corrected chi connectivity index (χ1v) is 8.93. The highest BCUT2D eigenvalue weighted by molar-refractivity contribution is 5.84. The Kier molecular flexibility index (Phi) is 4.97. The van der Waals surface area contributed by atoms with E-state index < -0.39 is 0 Å². The maximum Gasteiger partial charge on any atom is 0.240 e. The van der Waals surface area contributed by atoms with Crippen LogP contribution in [0, 0.1) is 0 Å². The first-order chi connectivity index (χ1) is 13.7. The van der Waals surface area contributed by atoms with Crippen molar-refractivity contribution in [2.75, 3.05) is 17.7 Å². The molecule has 0 amide bonds. The number of methoxy groups -OCH3 is 1. The average molecular weight is 372 g/mol. The van der Waals surface area contributed by atoms with Crippen LogP contribution in [0.3, 0.4) is 0 Å². The van der Waals surface area contributed by atoms with Gasteiger partial charge < -0.3 is 15.4 Å². The summed E-state index contributed by atoms with van der Waals surface area (Å²) in [6.45, 7) is 2.07. The number of benzene rings is 1. The van der Waals surface area contributed by atoms with E-state index in [-0.39, 0.29) is 6.04 Å². The fourth-order valence-electron chi connectivity index (χ4n) is 2.89. The number of ether oxygens (including phenoxy) is 1. The van der Waals surface area contributed by atoms with Crippen molar-refractivity contribution in [2.24, 2.45) is 0 Å². The van der Waals surface area contributed by atoms with Gasteiger partial charge in [0, 0.05) is 29.7 Å². The molecule has 7 nitrogen and oxygen atoms in total. The highest BCUT2D eigenvalue weighted by atomic mass is 16.5. The molecule has 1 aromatic carbocycles. The van der Waals surface area contributed by atoms with Gasteiger partial charge in [0.15, 0.2) is 0 Å². The summed E-state index contributed by atoms with van der Waals surface area (Å²) in [5.41, 5.74) is 2.81. The van der Waals surface area contributed by atoms with E-state index in [2.05, 4.69) is 49.6 Å². The molecule has 7 heteroatoms. The van der Waals surface area contributed by atoms with Crippen LogP contribution in [0.15, 0.2) is 67.1 Å². The fraction of sp³-hybridized carbons (Fsp3) is 0.143. The minimum Gasteiger partial charge on any atom is -0.479 e. The second-order valence-electron chi connectivity index (χ2n) is 6.27. The van der Waals surface area contributed by atoms with Crippen LogP contribution >= 0.6 is 0 Å². The summed E-state index contributed by atoms with van der Waals surface area (Å²) in [6.07, 6.45) is 5.15. The summed E-state index contributed by atoms with van der Waals surface area (Å²) in [7, 11) is 1.60. The molecule has 0 aliphatic carbocycles. The first-order valence-electron chi connectivity index (χ1n) is 8.93. The lowest BCUT2D eigenvalue weighted by Gasteiger charge is -2.15. The van der Waals surface area contributed by atoms with Crippen molar-refractivity contribution in [1.29, 1.82) is 0 Å². The third-order valence-electron chi connectivity index (χ3n) is 4.36. The van der Waals surface area contributed by atoms with Gasteiger partial charge in [-0.05, 0) is 48.9 Å². The number of aromatic nitrogens is 4. The van der Waals surface area contributed by atoms with Gasteiger partial charge in [0.05, 0.1) is 13.2 Å². The van der Waals surface area contributed by atoms with Crippen LogP contribution in [0.4, 0.5) is 17.5 Å². The summed E-state index contributed by atoms with van der Waals surface area (Å²) in [6, 6.07) is 15.9. The molecule has 0 aliphatic rings. The summed E-state index contributed by atoms with van der Waals surface area (Å²) < 4.78 is 5.31. The maximum absolute atomic E-state index is 5.31. The van der Waals surface area contributed by atoms with Gasteiger partial charge in [0.25, 0.3) is 0 Å². The van der Waals surface area contributed by atoms with Crippen molar-refractivity contribution in [3.8, 4) is 5.88 Å². The van der Waals surface area contributed by atoms with Crippen molar-refractivity contribution in [3.05, 3.63) is 72.7 Å². The monoisotopic (exact) mass is 372 g/mol. The van der Waals surface area contributed by atoms with Crippen LogP contribution < -0.4 is 15.4 Å². The van der Waals surface area contributed by atoms with Crippen LogP contribution in [0.5, 0.6) is 5.88 Å². The van der Waals surface area contributed by atoms with Gasteiger partial charge in [-0.25, -0.2) is 19.9 Å². The number of nitrogens with zero attached hydrogens (tertiary/aromatic N) is 4. The molecule has 0 saturated carbocycles. The van der Waals surface area contributed by atoms with Gasteiger partial charge in [-0.15, -0.1) is 0 Å². The largest absolute Gasteiger partial charge is 0.479 e. The Balaban J connectivity index is 1.49. The maximum atomic E-state index is 5.31. The number of anilines is 3. The fourth-order valence-corrected chi connectivity index (χ4v) is 2.89. The molecule has 1 unspecified atom stereocenters. The molecule has 0 saturated heterocycles. The van der Waals surface area contributed by atoms with E-state index in [4.69, 9.17) is 4.74 Å². The van der Waals surface area contributed by atoms with Crippen LogP contribution in [-0.4, -0.2) is 27.0 Å². The smallest absolute Gasteiger partial charge is 0.240 e. The lowest BCUT2D eigenvalue weighted by molar-refractivity contribution is 0.402. The van der Waals surface area contributed by atoms with Crippen molar-refractivity contribution in [3.63, 3.8) is 0 Å². The Morgan fingerprint density at radius 3 is 2.43 bits per heavy atom. The number of rotatable bonds is 6. The van der Waals surface area contributed by atoms with Gasteiger partial charge in [-0.1, -0.05) is 12.1 Å². The van der Waals surface area contributed by atoms with Crippen molar-refractivity contribution < 1.29 is 4.74 Å². The molecule has 0 bridgehead atoms. The Morgan fingerprint density at radius 1 is 0.893 bits per heavy atom. The Morgan fingerprint density at radius 2 is 1.68 bits per heavy atom. The second kappa shape index (κ2) is 7.87. The minimum absolute atomic E-state index is 0.0885. The molecule has 1 atom stereocenters. The highest BCUT2D eigenvalue weighted by Gasteiger charge is 2.08. The third-order valence-corrected chi connectivity index (χ3v) is 4.36. The van der Waals surface area contributed by atoms with Gasteiger partial charge in [-0.3, -0.25) is 0 Å². The molecule has 0 aliphatic heterocycles. The van der Waals surface area contributed by atoms with E-state index >= 15 is 0 Å². The van der Waals surface area contributed by atoms with Gasteiger partial charge in [0.1, 0.15) is 11.3 Å². The Hall–Kier alpha value is -3.74. The van der Waals surface area contributed by atoms with Gasteiger partial charge >= 0.3 is 0 Å². The van der Waals surface area contributed by atoms with Crippen LogP contribution in [0.2, 0.25) is 0 Å². The number of pyridine rings is 2. The minimum atomic E-state index is 0.0885. The molecule has 0 spiro atoms. The van der Waals surface area contributed by atoms with Crippen molar-refractivity contribution in [2.45, 2.75) is 13.0 Å². The zero-order chi connectivity index (χ0) is 19.3. The Bertz CT molecular complexity index is 1070. The molecule has 3 aromatic heterocycles. The van der Waals surface area contributed by atoms with Crippen molar-refractivity contribution >= 4 is 28.4 Å². The number of nitrogens with one attached hydrogen (secondary N) is 2. The topological polar surface area (TPSA) is 84.9 Å². The molecule has 0 radical (unpaired) electrons. The van der Waals surface area contributed by atoms with E-state index in [0.29, 0.717) is 11.8 Å². The standard InChI is InChI=1S/C21H20N6O/c1-14(25-21-23-11-3-12-24-21)15-4-7-17(8-5-15)26-18-9-6-16-10-13-22-20(28-2)19(16)27-18/h3-14H,1-2H3,(H,26,27)(H,23,24,25). The molecule has 2 N–H and O–H groups in total. The molecular weight excluding hydrogens is 352 g/mol. The van der Waals surface area contributed by atoms with Crippen LogP contribution in [0.25, 0.3) is 10.9 Å². The zero-order valence-electron chi connectivity index (χ0n) is 15.6. The average Bonchev–Trinajstić information content (AvgIpc) is 2.74. The molecule has 0 fully saturated rings. The highest BCUT2D eigenvalue weighted by Crippen LogP contribution is 2.25. The number of hydrogen-bond acceptors (Lipinski definition) is 7. The number of fused-ring (bicyclic) bond motifs is 1. The second-order valence-corrected chi connectivity index (χ2v) is 6.27. The molecule has 140 valence electrons. The van der Waals surface area contributed by atoms with E-state index in [1.807, 2.05) is 30.3 Å². The van der Waals surface area contributed by atoms with E-state index in [1.54, 1.807) is 31.8 Å². The molecule has 3 heterocycles.